The van der Waals surface area contributed by atoms with E-state index in [2.05, 4.69) is 4.74 Å². The van der Waals surface area contributed by atoms with Gasteiger partial charge >= 0.3 is 12.1 Å². The standard InChI is InChI=1S/C18H18F3NO2/c1-22(16-5-3-4-15(12-16)18(19,20)21)11-10-13-6-8-14(9-7-13)17(23)24-2/h3-9,12H,10-11H2,1-2H3. The van der Waals surface area contributed by atoms with Crippen LogP contribution in [0, 0.1) is 0 Å². The summed E-state index contributed by atoms with van der Waals surface area (Å²) in [7, 11) is 3.07. The fourth-order valence-corrected chi connectivity index (χ4v) is 2.27. The van der Waals surface area contributed by atoms with E-state index < -0.39 is 17.7 Å². The molecule has 2 aromatic rings. The number of anilines is 1. The number of nitrogens with zero attached hydrogens (tertiary/aromatic N) is 1. The summed E-state index contributed by atoms with van der Waals surface area (Å²) in [6, 6.07) is 12.2. The first-order chi connectivity index (χ1) is 11.3. The molecule has 0 heterocycles. The highest BCUT2D eigenvalue weighted by molar-refractivity contribution is 5.89. The molecule has 128 valence electrons. The zero-order valence-electron chi connectivity index (χ0n) is 13.4. The second-order valence-corrected chi connectivity index (χ2v) is 5.41. The van der Waals surface area contributed by atoms with Crippen LogP contribution in [0.4, 0.5) is 18.9 Å². The third-order valence-electron chi connectivity index (χ3n) is 3.73. The largest absolute Gasteiger partial charge is 0.465 e. The number of ether oxygens (including phenoxy) is 1. The molecule has 0 atom stereocenters. The van der Waals surface area contributed by atoms with Gasteiger partial charge in [-0.25, -0.2) is 4.79 Å². The van der Waals surface area contributed by atoms with Crippen molar-refractivity contribution in [1.82, 2.24) is 0 Å². The minimum atomic E-state index is -4.35. The maximum absolute atomic E-state index is 12.8. The van der Waals surface area contributed by atoms with Crippen molar-refractivity contribution < 1.29 is 22.7 Å². The number of hydrogen-bond donors (Lipinski definition) is 0. The minimum absolute atomic E-state index is 0.400. The van der Waals surface area contributed by atoms with Crippen molar-refractivity contribution >= 4 is 11.7 Å². The monoisotopic (exact) mass is 337 g/mol. The van der Waals surface area contributed by atoms with E-state index in [1.165, 1.54) is 13.2 Å². The summed E-state index contributed by atoms with van der Waals surface area (Å²) < 4.78 is 42.9. The molecule has 0 radical (unpaired) electrons. The minimum Gasteiger partial charge on any atom is -0.465 e. The van der Waals surface area contributed by atoms with Crippen LogP contribution >= 0.6 is 0 Å². The Morgan fingerprint density at radius 3 is 2.38 bits per heavy atom. The highest BCUT2D eigenvalue weighted by Gasteiger charge is 2.30. The molecule has 0 bridgehead atoms. The third kappa shape index (κ3) is 4.50. The molecule has 0 aromatic heterocycles. The van der Waals surface area contributed by atoms with Crippen molar-refractivity contribution in [1.29, 1.82) is 0 Å². The zero-order valence-corrected chi connectivity index (χ0v) is 13.4. The van der Waals surface area contributed by atoms with Crippen LogP contribution in [0.2, 0.25) is 0 Å². The Labute approximate surface area is 138 Å². The Morgan fingerprint density at radius 1 is 1.12 bits per heavy atom. The summed E-state index contributed by atoms with van der Waals surface area (Å²) in [5, 5.41) is 0. The van der Waals surface area contributed by atoms with E-state index in [1.54, 1.807) is 30.1 Å². The Morgan fingerprint density at radius 2 is 1.79 bits per heavy atom. The van der Waals surface area contributed by atoms with Gasteiger partial charge in [0.2, 0.25) is 0 Å². The van der Waals surface area contributed by atoms with Gasteiger partial charge in [-0.3, -0.25) is 0 Å². The molecule has 0 saturated heterocycles. The van der Waals surface area contributed by atoms with Gasteiger partial charge in [-0.1, -0.05) is 18.2 Å². The van der Waals surface area contributed by atoms with Crippen LogP contribution in [0.15, 0.2) is 48.5 Å². The summed E-state index contributed by atoms with van der Waals surface area (Å²) in [6.45, 7) is 0.554. The SMILES string of the molecule is COC(=O)c1ccc(CCN(C)c2cccc(C(F)(F)F)c2)cc1. The maximum Gasteiger partial charge on any atom is 0.416 e. The van der Waals surface area contributed by atoms with Gasteiger partial charge in [0, 0.05) is 19.3 Å². The normalized spacial score (nSPS) is 11.2. The summed E-state index contributed by atoms with van der Waals surface area (Å²) in [5.41, 5.74) is 1.30. The first-order valence-corrected chi connectivity index (χ1v) is 7.37. The average Bonchev–Trinajstić information content (AvgIpc) is 2.58. The molecule has 3 nitrogen and oxygen atoms in total. The number of likely N-dealkylation sites (N-methyl/N-ethyl adjacent to an activating group) is 1. The number of esters is 1. The van der Waals surface area contributed by atoms with E-state index in [1.807, 2.05) is 12.1 Å². The van der Waals surface area contributed by atoms with Crippen LogP contribution in [-0.2, 0) is 17.3 Å². The number of benzene rings is 2. The molecular weight excluding hydrogens is 319 g/mol. The van der Waals surface area contributed by atoms with Crippen LogP contribution in [0.3, 0.4) is 0 Å². The third-order valence-corrected chi connectivity index (χ3v) is 3.73. The quantitative estimate of drug-likeness (QED) is 0.767. The van der Waals surface area contributed by atoms with Gasteiger partial charge in [0.1, 0.15) is 0 Å². The van der Waals surface area contributed by atoms with E-state index in [0.717, 1.165) is 17.7 Å². The van der Waals surface area contributed by atoms with E-state index in [4.69, 9.17) is 0 Å². The lowest BCUT2D eigenvalue weighted by Gasteiger charge is -2.20. The van der Waals surface area contributed by atoms with Crippen molar-refractivity contribution in [3.8, 4) is 0 Å². The number of carbonyl (C=O) groups excluding carboxylic acids is 1. The van der Waals surface area contributed by atoms with Gasteiger partial charge in [0.05, 0.1) is 18.2 Å². The van der Waals surface area contributed by atoms with Crippen molar-refractivity contribution in [3.63, 3.8) is 0 Å². The Bertz CT molecular complexity index is 696. The molecular formula is C18H18F3NO2. The highest BCUT2D eigenvalue weighted by atomic mass is 19.4. The molecule has 2 aromatic carbocycles. The lowest BCUT2D eigenvalue weighted by molar-refractivity contribution is -0.137. The number of rotatable bonds is 5. The molecule has 24 heavy (non-hydrogen) atoms. The number of methoxy groups -OCH3 is 1. The molecule has 0 spiro atoms. The second kappa shape index (κ2) is 7.38. The first kappa shape index (κ1) is 17.8. The fourth-order valence-electron chi connectivity index (χ4n) is 2.27. The molecule has 0 saturated carbocycles. The van der Waals surface area contributed by atoms with Crippen LogP contribution in [0.5, 0.6) is 0 Å². The predicted molar refractivity (Wildman–Crippen MR) is 86.2 cm³/mol. The molecule has 0 aliphatic heterocycles. The maximum atomic E-state index is 12.8. The topological polar surface area (TPSA) is 29.5 Å². The molecule has 6 heteroatoms. The summed E-state index contributed by atoms with van der Waals surface area (Å²) in [5.74, 6) is -0.400. The average molecular weight is 337 g/mol. The molecule has 0 unspecified atom stereocenters. The smallest absolute Gasteiger partial charge is 0.416 e. The van der Waals surface area contributed by atoms with E-state index in [-0.39, 0.29) is 0 Å². The lowest BCUT2D eigenvalue weighted by atomic mass is 10.1. The van der Waals surface area contributed by atoms with E-state index >= 15 is 0 Å². The lowest BCUT2D eigenvalue weighted by Crippen LogP contribution is -2.21. The number of halogens is 3. The molecule has 0 fully saturated rings. The van der Waals surface area contributed by atoms with Gasteiger partial charge in [-0.2, -0.15) is 13.2 Å². The van der Waals surface area contributed by atoms with Gasteiger partial charge in [0.15, 0.2) is 0 Å². The Kier molecular flexibility index (Phi) is 5.49. The van der Waals surface area contributed by atoms with Crippen LogP contribution in [-0.4, -0.2) is 26.7 Å². The second-order valence-electron chi connectivity index (χ2n) is 5.41. The van der Waals surface area contributed by atoms with Gasteiger partial charge < -0.3 is 9.64 Å². The molecule has 0 aliphatic carbocycles. The van der Waals surface area contributed by atoms with Crippen LogP contribution in [0.1, 0.15) is 21.5 Å². The Balaban J connectivity index is 2.00. The number of hydrogen-bond acceptors (Lipinski definition) is 3. The predicted octanol–water partition coefficient (Wildman–Crippen LogP) is 4.17. The van der Waals surface area contributed by atoms with Crippen molar-refractivity contribution in [2.24, 2.45) is 0 Å². The number of alkyl halides is 3. The summed E-state index contributed by atoms with van der Waals surface area (Å²) in [6.07, 6.45) is -3.70. The van der Waals surface area contributed by atoms with Gasteiger partial charge in [0.25, 0.3) is 0 Å². The van der Waals surface area contributed by atoms with Crippen LogP contribution < -0.4 is 4.90 Å². The Hall–Kier alpha value is -2.50. The van der Waals surface area contributed by atoms with Gasteiger partial charge in [-0.05, 0) is 42.3 Å². The van der Waals surface area contributed by atoms with E-state index in [9.17, 15) is 18.0 Å². The van der Waals surface area contributed by atoms with Crippen LogP contribution in [0.25, 0.3) is 0 Å². The first-order valence-electron chi connectivity index (χ1n) is 7.37. The molecule has 0 amide bonds. The van der Waals surface area contributed by atoms with Crippen molar-refractivity contribution in [2.45, 2.75) is 12.6 Å². The van der Waals surface area contributed by atoms with Crippen molar-refractivity contribution in [2.75, 3.05) is 25.6 Å². The van der Waals surface area contributed by atoms with Crippen molar-refractivity contribution in [3.05, 3.63) is 65.2 Å². The van der Waals surface area contributed by atoms with E-state index in [0.29, 0.717) is 24.2 Å². The van der Waals surface area contributed by atoms with Gasteiger partial charge in [-0.15, -0.1) is 0 Å². The number of carbonyl (C=O) groups is 1. The molecule has 0 aliphatic rings. The highest BCUT2D eigenvalue weighted by Crippen LogP contribution is 2.31. The summed E-state index contributed by atoms with van der Waals surface area (Å²) in [4.78, 5) is 13.1. The molecule has 0 N–H and O–H groups in total. The summed E-state index contributed by atoms with van der Waals surface area (Å²) >= 11 is 0. The zero-order chi connectivity index (χ0) is 17.7. The fraction of sp³-hybridized carbons (Fsp3) is 0.278. The molecule has 2 rings (SSSR count).